The van der Waals surface area contributed by atoms with E-state index in [4.69, 9.17) is 9.47 Å². The maximum absolute atomic E-state index is 12.9. The highest BCUT2D eigenvalue weighted by Gasteiger charge is 2.44. The summed E-state index contributed by atoms with van der Waals surface area (Å²) in [6.45, 7) is 6.08. The Morgan fingerprint density at radius 2 is 1.14 bits per heavy atom. The van der Waals surface area contributed by atoms with Gasteiger partial charge in [0, 0.05) is 6.42 Å². The highest BCUT2D eigenvalue weighted by molar-refractivity contribution is 5.76. The monoisotopic (exact) mass is 796 g/mol. The minimum atomic E-state index is -1.57. The number of ether oxygens (including phenoxy) is 2. The molecule has 9 nitrogen and oxygen atoms in total. The van der Waals surface area contributed by atoms with Crippen molar-refractivity contribution >= 4 is 5.91 Å². The van der Waals surface area contributed by atoms with Crippen LogP contribution >= 0.6 is 0 Å². The summed E-state index contributed by atoms with van der Waals surface area (Å²) in [5.41, 5.74) is 0. The van der Waals surface area contributed by atoms with E-state index < -0.39 is 49.5 Å². The van der Waals surface area contributed by atoms with E-state index in [0.29, 0.717) is 12.8 Å². The maximum atomic E-state index is 12.9. The summed E-state index contributed by atoms with van der Waals surface area (Å²) in [4.78, 5) is 12.9. The summed E-state index contributed by atoms with van der Waals surface area (Å²) >= 11 is 0. The van der Waals surface area contributed by atoms with E-state index >= 15 is 0 Å². The number of aliphatic hydroxyl groups excluding tert-OH is 5. The van der Waals surface area contributed by atoms with Crippen molar-refractivity contribution in [1.29, 1.82) is 0 Å². The second-order valence-electron chi connectivity index (χ2n) is 16.8. The molecule has 0 aliphatic carbocycles. The summed E-state index contributed by atoms with van der Waals surface area (Å²) in [6, 6.07) is -0.818. The van der Waals surface area contributed by atoms with Gasteiger partial charge in [0.15, 0.2) is 6.29 Å². The van der Waals surface area contributed by atoms with E-state index in [1.807, 2.05) is 6.08 Å². The van der Waals surface area contributed by atoms with Crippen molar-refractivity contribution < 1.29 is 39.8 Å². The molecule has 1 aliphatic heterocycles. The topological polar surface area (TPSA) is 149 Å². The zero-order chi connectivity index (χ0) is 41.1. The molecule has 8 atom stereocenters. The van der Waals surface area contributed by atoms with E-state index in [0.717, 1.165) is 38.0 Å². The zero-order valence-electron chi connectivity index (χ0n) is 36.3. The molecule has 1 aliphatic rings. The number of aliphatic hydroxyl groups is 5. The second-order valence-corrected chi connectivity index (χ2v) is 16.8. The van der Waals surface area contributed by atoms with Crippen molar-refractivity contribution in [1.82, 2.24) is 5.32 Å². The van der Waals surface area contributed by atoms with Crippen LogP contribution in [-0.4, -0.2) is 87.5 Å². The third-order valence-electron chi connectivity index (χ3n) is 11.6. The normalized spacial score (nSPS) is 21.9. The lowest BCUT2D eigenvalue weighted by Gasteiger charge is -2.40. The predicted molar refractivity (Wildman–Crippen MR) is 230 cm³/mol. The number of rotatable bonds is 38. The molecule has 1 fully saturated rings. The summed E-state index contributed by atoms with van der Waals surface area (Å²) in [7, 11) is 0. The Morgan fingerprint density at radius 1 is 0.661 bits per heavy atom. The smallest absolute Gasteiger partial charge is 0.220 e. The first kappa shape index (κ1) is 52.7. The fourth-order valence-corrected chi connectivity index (χ4v) is 7.37. The fraction of sp³-hybridized carbons (Fsp3) is 0.894. The van der Waals surface area contributed by atoms with E-state index in [2.05, 4.69) is 38.2 Å². The van der Waals surface area contributed by atoms with Crippen LogP contribution in [-0.2, 0) is 14.3 Å². The third kappa shape index (κ3) is 27.4. The minimum Gasteiger partial charge on any atom is -0.394 e. The first-order valence-corrected chi connectivity index (χ1v) is 23.5. The largest absolute Gasteiger partial charge is 0.394 e. The Morgan fingerprint density at radius 3 is 1.66 bits per heavy atom. The third-order valence-corrected chi connectivity index (χ3v) is 11.6. The van der Waals surface area contributed by atoms with E-state index in [9.17, 15) is 30.3 Å². The van der Waals surface area contributed by atoms with Crippen molar-refractivity contribution in [2.24, 2.45) is 5.92 Å². The maximum Gasteiger partial charge on any atom is 0.220 e. The number of hydrogen-bond donors (Lipinski definition) is 6. The van der Waals surface area contributed by atoms with Crippen LogP contribution in [0.4, 0.5) is 0 Å². The zero-order valence-corrected chi connectivity index (χ0v) is 36.3. The van der Waals surface area contributed by atoms with Crippen LogP contribution in [0.3, 0.4) is 0 Å². The molecule has 1 heterocycles. The standard InChI is InChI=1S/C47H89NO8/c1-4-6-7-8-9-10-11-12-13-14-15-16-17-18-19-20-21-22-27-30-33-36-43(51)48-40(38-55-47-46(54)45(53)44(52)42(37-49)56-47)41(50)35-32-29-26-24-23-25-28-31-34-39(3)5-2/h22,27,32,35,39-42,44-47,49-50,52-54H,4-21,23-26,28-31,33-34,36-38H2,1-3H3,(H,48,51)/b27-22?,35-32+/t39?,40-,41+,42+,44+,45-,46+,47+/m0/s1. The van der Waals surface area contributed by atoms with Gasteiger partial charge in [0.2, 0.25) is 5.91 Å². The molecule has 0 radical (unpaired) electrons. The van der Waals surface area contributed by atoms with Crippen LogP contribution in [0.2, 0.25) is 0 Å². The highest BCUT2D eigenvalue weighted by atomic mass is 16.7. The van der Waals surface area contributed by atoms with Crippen molar-refractivity contribution in [3.8, 4) is 0 Å². The van der Waals surface area contributed by atoms with E-state index in [1.165, 1.54) is 141 Å². The van der Waals surface area contributed by atoms with Gasteiger partial charge >= 0.3 is 0 Å². The van der Waals surface area contributed by atoms with Gasteiger partial charge in [-0.25, -0.2) is 0 Å². The van der Waals surface area contributed by atoms with Crippen LogP contribution in [0.15, 0.2) is 24.3 Å². The molecule has 0 bridgehead atoms. The quantitative estimate of drug-likeness (QED) is 0.0267. The first-order valence-electron chi connectivity index (χ1n) is 23.5. The Bertz CT molecular complexity index is 945. The molecular formula is C47H89NO8. The van der Waals surface area contributed by atoms with Crippen molar-refractivity contribution in [3.63, 3.8) is 0 Å². The van der Waals surface area contributed by atoms with Crippen molar-refractivity contribution in [2.45, 2.75) is 250 Å². The molecule has 1 unspecified atom stereocenters. The number of allylic oxidation sites excluding steroid dienone is 3. The molecule has 1 amide bonds. The minimum absolute atomic E-state index is 0.199. The number of hydrogen-bond acceptors (Lipinski definition) is 8. The molecule has 0 saturated carbocycles. The molecule has 9 heteroatoms. The SMILES string of the molecule is CCCCCCCCCCCCCCCCCCC=CCCCC(=O)N[C@@H](CO[C@@H]1O[C@H](CO)[C@@H](O)[C@H](O)[C@H]1O)[C@H](O)/C=C/CCCCCCCCC(C)CC. The number of carbonyl (C=O) groups excluding carboxylic acids is 1. The van der Waals surface area contributed by atoms with Crippen LogP contribution < -0.4 is 5.32 Å². The highest BCUT2D eigenvalue weighted by Crippen LogP contribution is 2.23. The van der Waals surface area contributed by atoms with Gasteiger partial charge in [-0.15, -0.1) is 0 Å². The molecule has 330 valence electrons. The number of nitrogens with one attached hydrogen (secondary N) is 1. The molecule has 0 aromatic carbocycles. The van der Waals surface area contributed by atoms with Crippen molar-refractivity contribution in [3.05, 3.63) is 24.3 Å². The molecule has 56 heavy (non-hydrogen) atoms. The average molecular weight is 796 g/mol. The van der Waals surface area contributed by atoms with Gasteiger partial charge in [-0.1, -0.05) is 186 Å². The molecule has 0 spiro atoms. The summed E-state index contributed by atoms with van der Waals surface area (Å²) < 4.78 is 11.2. The molecule has 0 aromatic rings. The van der Waals surface area contributed by atoms with Gasteiger partial charge in [-0.3, -0.25) is 4.79 Å². The lowest BCUT2D eigenvalue weighted by atomic mass is 9.99. The number of carbonyl (C=O) groups is 1. The van der Waals surface area contributed by atoms with E-state index in [-0.39, 0.29) is 12.5 Å². The van der Waals surface area contributed by atoms with Crippen LogP contribution in [0.1, 0.15) is 207 Å². The molecule has 1 saturated heterocycles. The average Bonchev–Trinajstić information content (AvgIpc) is 3.20. The lowest BCUT2D eigenvalue weighted by molar-refractivity contribution is -0.302. The first-order chi connectivity index (χ1) is 27.2. The van der Waals surface area contributed by atoms with Crippen molar-refractivity contribution in [2.75, 3.05) is 13.2 Å². The summed E-state index contributed by atoms with van der Waals surface area (Å²) in [5.74, 6) is 0.604. The summed E-state index contributed by atoms with van der Waals surface area (Å²) in [6.07, 6.45) is 35.2. The Hall–Kier alpha value is -1.33. The number of unbranched alkanes of at least 4 members (excludes halogenated alkanes) is 23. The Kier molecular flexibility index (Phi) is 34.6. The molecular weight excluding hydrogens is 707 g/mol. The van der Waals surface area contributed by atoms with Crippen LogP contribution in [0, 0.1) is 5.92 Å². The molecule has 1 rings (SSSR count). The molecule has 6 N–H and O–H groups in total. The Labute approximate surface area is 343 Å². The molecule has 0 aromatic heterocycles. The number of amides is 1. The van der Waals surface area contributed by atoms with Gasteiger partial charge in [0.05, 0.1) is 25.4 Å². The predicted octanol–water partition coefficient (Wildman–Crippen LogP) is 9.75. The fourth-order valence-electron chi connectivity index (χ4n) is 7.37. The van der Waals surface area contributed by atoms with Gasteiger partial charge in [-0.2, -0.15) is 0 Å². The van der Waals surface area contributed by atoms with Gasteiger partial charge in [-0.05, 0) is 44.4 Å². The lowest BCUT2D eigenvalue weighted by Crippen LogP contribution is -2.60. The second kappa shape index (κ2) is 36.7. The summed E-state index contributed by atoms with van der Waals surface area (Å²) in [5, 5.41) is 54.1. The van der Waals surface area contributed by atoms with E-state index in [1.54, 1.807) is 6.08 Å². The van der Waals surface area contributed by atoms with Gasteiger partial charge < -0.3 is 40.3 Å². The van der Waals surface area contributed by atoms with Gasteiger partial charge in [0.25, 0.3) is 0 Å². The van der Waals surface area contributed by atoms with Gasteiger partial charge in [0.1, 0.15) is 24.4 Å². The van der Waals surface area contributed by atoms with Crippen LogP contribution in [0.25, 0.3) is 0 Å². The van der Waals surface area contributed by atoms with Crippen LogP contribution in [0.5, 0.6) is 0 Å². The Balaban J connectivity index is 2.32.